The lowest BCUT2D eigenvalue weighted by molar-refractivity contribution is 0.110. The Hall–Kier alpha value is -0.0800. The van der Waals surface area contributed by atoms with Crippen LogP contribution >= 0.6 is 0 Å². The summed E-state index contributed by atoms with van der Waals surface area (Å²) in [6.07, 6.45) is 5.96. The van der Waals surface area contributed by atoms with Crippen LogP contribution in [0.3, 0.4) is 0 Å². The van der Waals surface area contributed by atoms with E-state index in [1.54, 1.807) is 0 Å². The summed E-state index contributed by atoms with van der Waals surface area (Å²) < 4.78 is 0. The van der Waals surface area contributed by atoms with Crippen molar-refractivity contribution in [3.63, 3.8) is 0 Å². The van der Waals surface area contributed by atoms with Crippen molar-refractivity contribution in [3.05, 3.63) is 0 Å². The predicted molar refractivity (Wildman–Crippen MR) is 50.8 cm³/mol. The minimum absolute atomic E-state index is 0.270. The summed E-state index contributed by atoms with van der Waals surface area (Å²) in [5.41, 5.74) is 6.05. The van der Waals surface area contributed by atoms with Crippen molar-refractivity contribution in [1.82, 2.24) is 0 Å². The molecule has 2 heteroatoms. The summed E-state index contributed by atoms with van der Waals surface area (Å²) >= 11 is 0. The zero-order chi connectivity index (χ0) is 9.03. The lowest BCUT2D eigenvalue weighted by Crippen LogP contribution is -2.36. The molecule has 2 unspecified atom stereocenters. The molecule has 1 aliphatic carbocycles. The molecule has 0 heterocycles. The van der Waals surface area contributed by atoms with Gasteiger partial charge in [0, 0.05) is 6.61 Å². The molecule has 0 radical (unpaired) electrons. The number of nitrogens with two attached hydrogens (primary N) is 1. The molecule has 1 saturated carbocycles. The Labute approximate surface area is 75.2 Å². The normalized spacial score (nSPS) is 36.8. The minimum Gasteiger partial charge on any atom is -0.396 e. The number of hydrogen-bond acceptors (Lipinski definition) is 2. The minimum atomic E-state index is 0.270. The molecule has 72 valence electrons. The summed E-state index contributed by atoms with van der Waals surface area (Å²) in [5, 5.41) is 8.95. The van der Waals surface area contributed by atoms with Gasteiger partial charge < -0.3 is 10.8 Å². The van der Waals surface area contributed by atoms with Gasteiger partial charge in [-0.3, -0.25) is 0 Å². The van der Waals surface area contributed by atoms with Crippen LogP contribution in [0.5, 0.6) is 0 Å². The number of aliphatic hydroxyl groups excluding tert-OH is 1. The maximum Gasteiger partial charge on any atom is 0.0436 e. The Balaban J connectivity index is 2.51. The van der Waals surface area contributed by atoms with E-state index in [9.17, 15) is 0 Å². The summed E-state index contributed by atoms with van der Waals surface area (Å²) in [6.45, 7) is 3.34. The Morgan fingerprint density at radius 1 is 1.58 bits per heavy atom. The van der Waals surface area contributed by atoms with Gasteiger partial charge in [0.15, 0.2) is 0 Å². The van der Waals surface area contributed by atoms with E-state index in [2.05, 4.69) is 6.92 Å². The molecule has 0 aromatic rings. The Morgan fingerprint density at radius 2 is 2.33 bits per heavy atom. The fraction of sp³-hybridized carbons (Fsp3) is 1.00. The average molecular weight is 171 g/mol. The molecule has 1 fully saturated rings. The van der Waals surface area contributed by atoms with Crippen molar-refractivity contribution < 1.29 is 5.11 Å². The van der Waals surface area contributed by atoms with Gasteiger partial charge in [-0.15, -0.1) is 0 Å². The van der Waals surface area contributed by atoms with Crippen LogP contribution in [0, 0.1) is 11.3 Å². The molecule has 0 amide bonds. The summed E-state index contributed by atoms with van der Waals surface area (Å²) in [4.78, 5) is 0. The first-order chi connectivity index (χ1) is 5.72. The van der Waals surface area contributed by atoms with Gasteiger partial charge in [0.1, 0.15) is 0 Å². The molecule has 0 bridgehead atoms. The summed E-state index contributed by atoms with van der Waals surface area (Å²) in [5.74, 6) is 0.800. The van der Waals surface area contributed by atoms with Crippen LogP contribution in [0.2, 0.25) is 0 Å². The topological polar surface area (TPSA) is 46.2 Å². The number of hydrogen-bond donors (Lipinski definition) is 2. The third-order valence-corrected chi connectivity index (χ3v) is 3.26. The van der Waals surface area contributed by atoms with Crippen LogP contribution in [0.25, 0.3) is 0 Å². The summed E-state index contributed by atoms with van der Waals surface area (Å²) in [7, 11) is 0. The lowest BCUT2D eigenvalue weighted by atomic mass is 9.68. The molecule has 3 N–H and O–H groups in total. The van der Waals surface area contributed by atoms with Crippen molar-refractivity contribution in [2.45, 2.75) is 39.0 Å². The average Bonchev–Trinajstić information content (AvgIpc) is 2.05. The number of rotatable bonds is 3. The van der Waals surface area contributed by atoms with Gasteiger partial charge >= 0.3 is 0 Å². The lowest BCUT2D eigenvalue weighted by Gasteiger charge is -2.38. The van der Waals surface area contributed by atoms with Crippen LogP contribution in [-0.4, -0.2) is 18.3 Å². The van der Waals surface area contributed by atoms with Gasteiger partial charge in [-0.1, -0.05) is 19.8 Å². The highest BCUT2D eigenvalue weighted by atomic mass is 16.3. The second kappa shape index (κ2) is 4.24. The standard InChI is InChI=1S/C10H21NO/c1-9-3-2-4-10(7-9,8-11)5-6-12/h9,12H,2-8,11H2,1H3. The van der Waals surface area contributed by atoms with Gasteiger partial charge in [-0.2, -0.15) is 0 Å². The van der Waals surface area contributed by atoms with Gasteiger partial charge in [-0.05, 0) is 37.1 Å². The number of aliphatic hydroxyl groups is 1. The maximum atomic E-state index is 8.95. The second-order valence-electron chi connectivity index (χ2n) is 4.38. The molecule has 12 heavy (non-hydrogen) atoms. The molecule has 0 aromatic heterocycles. The molecule has 0 saturated heterocycles. The smallest absolute Gasteiger partial charge is 0.0436 e. The molecule has 1 rings (SSSR count). The Morgan fingerprint density at radius 3 is 2.83 bits per heavy atom. The van der Waals surface area contributed by atoms with Crippen LogP contribution in [-0.2, 0) is 0 Å². The van der Waals surface area contributed by atoms with Crippen molar-refractivity contribution in [3.8, 4) is 0 Å². The maximum absolute atomic E-state index is 8.95. The van der Waals surface area contributed by atoms with Crippen molar-refractivity contribution in [2.75, 3.05) is 13.2 Å². The zero-order valence-electron chi connectivity index (χ0n) is 8.05. The van der Waals surface area contributed by atoms with Gasteiger partial charge in [-0.25, -0.2) is 0 Å². The molecule has 2 nitrogen and oxygen atoms in total. The molecular formula is C10H21NO. The van der Waals surface area contributed by atoms with Crippen LogP contribution in [0.4, 0.5) is 0 Å². The van der Waals surface area contributed by atoms with E-state index in [1.165, 1.54) is 25.7 Å². The monoisotopic (exact) mass is 171 g/mol. The van der Waals surface area contributed by atoms with E-state index in [0.717, 1.165) is 18.9 Å². The van der Waals surface area contributed by atoms with Crippen molar-refractivity contribution in [1.29, 1.82) is 0 Å². The largest absolute Gasteiger partial charge is 0.396 e. The van der Waals surface area contributed by atoms with E-state index in [4.69, 9.17) is 10.8 Å². The Bertz CT molecular complexity index is 134. The van der Waals surface area contributed by atoms with Crippen LogP contribution in [0.1, 0.15) is 39.0 Å². The second-order valence-corrected chi connectivity index (χ2v) is 4.38. The molecule has 0 spiro atoms. The van der Waals surface area contributed by atoms with Gasteiger partial charge in [0.05, 0.1) is 0 Å². The van der Waals surface area contributed by atoms with Crippen LogP contribution < -0.4 is 5.73 Å². The van der Waals surface area contributed by atoms with Crippen molar-refractivity contribution >= 4 is 0 Å². The van der Waals surface area contributed by atoms with Gasteiger partial charge in [0.2, 0.25) is 0 Å². The Kier molecular flexibility index (Phi) is 3.53. The molecule has 0 aromatic carbocycles. The third kappa shape index (κ3) is 2.20. The van der Waals surface area contributed by atoms with E-state index < -0.39 is 0 Å². The van der Waals surface area contributed by atoms with E-state index >= 15 is 0 Å². The van der Waals surface area contributed by atoms with Gasteiger partial charge in [0.25, 0.3) is 0 Å². The summed E-state index contributed by atoms with van der Waals surface area (Å²) in [6, 6.07) is 0. The molecule has 2 atom stereocenters. The van der Waals surface area contributed by atoms with Crippen molar-refractivity contribution in [2.24, 2.45) is 17.1 Å². The predicted octanol–water partition coefficient (Wildman–Crippen LogP) is 1.52. The first kappa shape index (κ1) is 10.0. The molecule has 0 aliphatic heterocycles. The molecule has 1 aliphatic rings. The van der Waals surface area contributed by atoms with Crippen LogP contribution in [0.15, 0.2) is 0 Å². The quantitative estimate of drug-likeness (QED) is 0.676. The highest BCUT2D eigenvalue weighted by Gasteiger charge is 2.32. The fourth-order valence-corrected chi connectivity index (χ4v) is 2.52. The third-order valence-electron chi connectivity index (χ3n) is 3.26. The zero-order valence-corrected chi connectivity index (χ0v) is 8.05. The first-order valence-electron chi connectivity index (χ1n) is 5.03. The van der Waals surface area contributed by atoms with E-state index in [-0.39, 0.29) is 5.41 Å². The SMILES string of the molecule is CC1CCCC(CN)(CCO)C1. The van der Waals surface area contributed by atoms with E-state index in [0.29, 0.717) is 6.61 Å². The fourth-order valence-electron chi connectivity index (χ4n) is 2.52. The molecular weight excluding hydrogens is 150 g/mol. The highest BCUT2D eigenvalue weighted by molar-refractivity contribution is 4.85. The van der Waals surface area contributed by atoms with E-state index in [1.807, 2.05) is 0 Å². The first-order valence-corrected chi connectivity index (χ1v) is 5.03. The highest BCUT2D eigenvalue weighted by Crippen LogP contribution is 2.40.